The molecule has 4 N–H and O–H groups in total. The third-order valence-corrected chi connectivity index (χ3v) is 5.56. The molecule has 10 nitrogen and oxygen atoms in total. The van der Waals surface area contributed by atoms with Crippen LogP contribution in [-0.4, -0.2) is 67.2 Å². The normalized spacial score (nSPS) is 16.6. The Labute approximate surface area is 199 Å². The van der Waals surface area contributed by atoms with Crippen molar-refractivity contribution < 1.29 is 24.2 Å². The summed E-state index contributed by atoms with van der Waals surface area (Å²) >= 11 is 0. The summed E-state index contributed by atoms with van der Waals surface area (Å²) in [6.45, 7) is 6.79. The van der Waals surface area contributed by atoms with Crippen LogP contribution in [-0.2, 0) is 4.74 Å². The van der Waals surface area contributed by atoms with Crippen molar-refractivity contribution in [2.45, 2.75) is 38.3 Å². The lowest BCUT2D eigenvalue weighted by molar-refractivity contribution is 0.0796. The van der Waals surface area contributed by atoms with Gasteiger partial charge in [-0.3, -0.25) is 9.80 Å². The molecule has 0 bridgehead atoms. The maximum Gasteiger partial charge on any atom is 0.421 e. The van der Waals surface area contributed by atoms with Crippen molar-refractivity contribution in [3.63, 3.8) is 0 Å². The molecule has 1 aromatic heterocycles. The summed E-state index contributed by atoms with van der Waals surface area (Å²) in [6, 6.07) is 10.2. The minimum absolute atomic E-state index is 0.0766. The van der Waals surface area contributed by atoms with Crippen LogP contribution in [0.2, 0.25) is 0 Å². The summed E-state index contributed by atoms with van der Waals surface area (Å²) in [5.74, 6) is 0.108. The quantitative estimate of drug-likeness (QED) is 0.561. The number of fused-ring (bicyclic) bond motifs is 1. The topological polar surface area (TPSA) is 130 Å². The van der Waals surface area contributed by atoms with Gasteiger partial charge in [0, 0.05) is 37.8 Å². The van der Waals surface area contributed by atoms with E-state index in [0.717, 1.165) is 5.56 Å². The average molecular weight is 472 g/mol. The van der Waals surface area contributed by atoms with Crippen LogP contribution in [0.5, 0.6) is 5.88 Å². The molecule has 184 valence electrons. The number of amides is 2. The number of aliphatic hydroxyl groups is 1. The summed E-state index contributed by atoms with van der Waals surface area (Å²) in [5.41, 5.74) is 7.14. The number of carbonyl (C=O) groups excluding carboxylic acids is 2. The average Bonchev–Trinajstić information content (AvgIpc) is 2.80. The van der Waals surface area contributed by atoms with Gasteiger partial charge < -0.3 is 25.6 Å². The van der Waals surface area contributed by atoms with Crippen molar-refractivity contribution in [3.8, 4) is 5.88 Å². The highest BCUT2D eigenvalue weighted by molar-refractivity contribution is 6.01. The summed E-state index contributed by atoms with van der Waals surface area (Å²) in [5, 5.41) is 13.2. The molecule has 0 radical (unpaired) electrons. The first-order valence-corrected chi connectivity index (χ1v) is 11.2. The van der Waals surface area contributed by atoms with Gasteiger partial charge in [-0.05, 0) is 44.5 Å². The van der Waals surface area contributed by atoms with Crippen LogP contribution in [0.25, 0.3) is 0 Å². The van der Waals surface area contributed by atoms with E-state index in [2.05, 4.69) is 10.3 Å². The van der Waals surface area contributed by atoms with E-state index >= 15 is 0 Å². The van der Waals surface area contributed by atoms with Gasteiger partial charge in [-0.15, -0.1) is 0 Å². The molecule has 10 heteroatoms. The van der Waals surface area contributed by atoms with E-state index in [9.17, 15) is 14.7 Å². The van der Waals surface area contributed by atoms with E-state index in [4.69, 9.17) is 15.2 Å². The maximum absolute atomic E-state index is 13.1. The lowest BCUT2D eigenvalue weighted by atomic mass is 9.96. The predicted molar refractivity (Wildman–Crippen MR) is 129 cm³/mol. The number of hydrogen-bond donors (Lipinski definition) is 3. The van der Waals surface area contributed by atoms with E-state index in [1.54, 1.807) is 44.3 Å². The molecule has 2 atom stereocenters. The van der Waals surface area contributed by atoms with Gasteiger partial charge in [0.2, 0.25) is 5.88 Å². The zero-order valence-electron chi connectivity index (χ0n) is 20.0. The number of nitrogens with two attached hydrogens (primary N) is 1. The number of rotatable bonds is 7. The molecule has 3 rings (SSSR count). The Morgan fingerprint density at radius 2 is 2.03 bits per heavy atom. The molecule has 2 aromatic rings. The lowest BCUT2D eigenvalue weighted by Gasteiger charge is -2.40. The standard InChI is InChI=1S/C24H33N5O5/c1-16-14-28(22(30)34-21-7-5-6-10-27-21)20-11-17(8-9-19(20)29(16)23(31)33-4)18(12-25)13-26-15-24(2,3)32/h5-11,16,18,26,32H,12-15,25H2,1-4H3/t16-,18?/m0/s1. The van der Waals surface area contributed by atoms with Crippen LogP contribution in [0.1, 0.15) is 32.3 Å². The second-order valence-electron chi connectivity index (χ2n) is 8.96. The van der Waals surface area contributed by atoms with Crippen LogP contribution < -0.4 is 25.6 Å². The van der Waals surface area contributed by atoms with Gasteiger partial charge in [-0.1, -0.05) is 12.1 Å². The number of anilines is 2. The molecule has 1 aliphatic rings. The van der Waals surface area contributed by atoms with Gasteiger partial charge in [0.05, 0.1) is 36.7 Å². The fourth-order valence-corrected chi connectivity index (χ4v) is 3.89. The summed E-state index contributed by atoms with van der Waals surface area (Å²) in [7, 11) is 1.32. The van der Waals surface area contributed by atoms with Gasteiger partial charge in [-0.25, -0.2) is 14.6 Å². The smallest absolute Gasteiger partial charge is 0.421 e. The molecule has 0 aliphatic carbocycles. The molecule has 2 heterocycles. The van der Waals surface area contributed by atoms with Crippen molar-refractivity contribution in [2.75, 3.05) is 43.1 Å². The number of methoxy groups -OCH3 is 1. The Morgan fingerprint density at radius 3 is 2.65 bits per heavy atom. The lowest BCUT2D eigenvalue weighted by Crippen LogP contribution is -2.52. The van der Waals surface area contributed by atoms with Crippen molar-refractivity contribution in [2.24, 2.45) is 5.73 Å². The zero-order valence-corrected chi connectivity index (χ0v) is 20.0. The summed E-state index contributed by atoms with van der Waals surface area (Å²) in [4.78, 5) is 32.7. The van der Waals surface area contributed by atoms with Gasteiger partial charge in [0.15, 0.2) is 0 Å². The number of nitrogens with one attached hydrogen (secondary N) is 1. The second kappa shape index (κ2) is 10.8. The molecule has 0 saturated carbocycles. The molecule has 0 saturated heterocycles. The van der Waals surface area contributed by atoms with Crippen molar-refractivity contribution >= 4 is 23.6 Å². The number of benzene rings is 1. The van der Waals surface area contributed by atoms with Crippen molar-refractivity contribution in [1.82, 2.24) is 10.3 Å². The fourth-order valence-electron chi connectivity index (χ4n) is 3.89. The molecule has 1 aromatic carbocycles. The Balaban J connectivity index is 1.94. The van der Waals surface area contributed by atoms with Gasteiger partial charge >= 0.3 is 12.2 Å². The molecule has 1 unspecified atom stereocenters. The maximum atomic E-state index is 13.1. The van der Waals surface area contributed by atoms with Crippen LogP contribution >= 0.6 is 0 Å². The third kappa shape index (κ3) is 6.02. The van der Waals surface area contributed by atoms with Gasteiger partial charge in [-0.2, -0.15) is 0 Å². The molecule has 0 fully saturated rings. The predicted octanol–water partition coefficient (Wildman–Crippen LogP) is 2.46. The van der Waals surface area contributed by atoms with E-state index in [0.29, 0.717) is 31.0 Å². The highest BCUT2D eigenvalue weighted by atomic mass is 16.6. The van der Waals surface area contributed by atoms with E-state index in [1.807, 2.05) is 19.1 Å². The van der Waals surface area contributed by atoms with Gasteiger partial charge in [0.1, 0.15) is 0 Å². The number of carbonyl (C=O) groups is 2. The first kappa shape index (κ1) is 25.4. The number of aromatic nitrogens is 1. The van der Waals surface area contributed by atoms with E-state index < -0.39 is 17.8 Å². The molecular weight excluding hydrogens is 438 g/mol. The first-order chi connectivity index (χ1) is 16.1. The van der Waals surface area contributed by atoms with Crippen molar-refractivity contribution in [3.05, 3.63) is 48.2 Å². The Bertz CT molecular complexity index is 995. The second-order valence-corrected chi connectivity index (χ2v) is 8.96. The SMILES string of the molecule is COC(=O)N1c2ccc(C(CN)CNCC(C)(C)O)cc2N(C(=O)Oc2ccccn2)C[C@@H]1C. The number of pyridine rings is 1. The molecular formula is C24H33N5O5. The summed E-state index contributed by atoms with van der Waals surface area (Å²) < 4.78 is 10.5. The molecule has 1 aliphatic heterocycles. The fraction of sp³-hybridized carbons (Fsp3) is 0.458. The Kier molecular flexibility index (Phi) is 8.08. The van der Waals surface area contributed by atoms with Crippen LogP contribution in [0.15, 0.2) is 42.6 Å². The Hall–Kier alpha value is -3.21. The Morgan fingerprint density at radius 1 is 1.26 bits per heavy atom. The largest absolute Gasteiger partial charge is 0.452 e. The number of ether oxygens (including phenoxy) is 2. The number of hydrogen-bond acceptors (Lipinski definition) is 8. The molecule has 34 heavy (non-hydrogen) atoms. The van der Waals surface area contributed by atoms with E-state index in [-0.39, 0.29) is 24.4 Å². The third-order valence-electron chi connectivity index (χ3n) is 5.56. The number of nitrogens with zero attached hydrogens (tertiary/aromatic N) is 3. The minimum Gasteiger partial charge on any atom is -0.452 e. The minimum atomic E-state index is -0.849. The van der Waals surface area contributed by atoms with E-state index in [1.165, 1.54) is 16.9 Å². The van der Waals surface area contributed by atoms with Gasteiger partial charge in [0.25, 0.3) is 0 Å². The monoisotopic (exact) mass is 471 g/mol. The highest BCUT2D eigenvalue weighted by Gasteiger charge is 2.37. The summed E-state index contributed by atoms with van der Waals surface area (Å²) in [6.07, 6.45) is 0.429. The van der Waals surface area contributed by atoms with Crippen LogP contribution in [0.4, 0.5) is 21.0 Å². The van der Waals surface area contributed by atoms with Crippen LogP contribution in [0, 0.1) is 0 Å². The molecule has 0 spiro atoms. The highest BCUT2D eigenvalue weighted by Crippen LogP contribution is 2.38. The molecule has 2 amide bonds. The zero-order chi connectivity index (χ0) is 24.9. The van der Waals surface area contributed by atoms with Crippen LogP contribution in [0.3, 0.4) is 0 Å². The first-order valence-electron chi connectivity index (χ1n) is 11.2. The van der Waals surface area contributed by atoms with Crippen molar-refractivity contribution in [1.29, 1.82) is 0 Å².